The van der Waals surface area contributed by atoms with Gasteiger partial charge in [0.1, 0.15) is 11.1 Å². The Morgan fingerprint density at radius 3 is 2.43 bits per heavy atom. The number of nitrogens with zero attached hydrogens (tertiary/aromatic N) is 2. The lowest BCUT2D eigenvalue weighted by Gasteiger charge is -2.33. The number of hydrogen-bond donors (Lipinski definition) is 0. The number of hydrogen-bond acceptors (Lipinski definition) is 3. The minimum Gasteiger partial charge on any atom is -0.298 e. The maximum Gasteiger partial charge on any atom is 0.471 e. The Bertz CT molecular complexity index is 665. The van der Waals surface area contributed by atoms with E-state index < -0.39 is 12.1 Å². The zero-order valence-electron chi connectivity index (χ0n) is 13.5. The first kappa shape index (κ1) is 17.8. The molecule has 0 radical (unpaired) electrons. The van der Waals surface area contributed by atoms with Crippen molar-refractivity contribution in [1.29, 1.82) is 5.26 Å². The van der Waals surface area contributed by atoms with Crippen molar-refractivity contribution in [3.8, 4) is 6.07 Å². The summed E-state index contributed by atoms with van der Waals surface area (Å²) in [6.07, 6.45) is -2.63. The van der Waals surface area contributed by atoms with Gasteiger partial charge in [-0.05, 0) is 36.2 Å². The lowest BCUT2D eigenvalue weighted by Crippen LogP contribution is -2.38. The first-order chi connectivity index (χ1) is 10.5. The lowest BCUT2D eigenvalue weighted by atomic mass is 9.72. The van der Waals surface area contributed by atoms with E-state index in [1.807, 2.05) is 6.07 Å². The van der Waals surface area contributed by atoms with E-state index in [2.05, 4.69) is 20.8 Å². The monoisotopic (exact) mass is 344 g/mol. The van der Waals surface area contributed by atoms with Crippen LogP contribution in [-0.2, 0) is 17.6 Å². The van der Waals surface area contributed by atoms with Crippen molar-refractivity contribution in [3.05, 3.63) is 16.0 Å². The molecule has 2 rings (SSSR count). The fraction of sp³-hybridized carbons (Fsp3) is 0.625. The molecule has 0 fully saturated rings. The summed E-state index contributed by atoms with van der Waals surface area (Å²) in [5.74, 6) is -1.53. The molecule has 0 saturated heterocycles. The van der Waals surface area contributed by atoms with Crippen LogP contribution in [0.2, 0.25) is 0 Å². The van der Waals surface area contributed by atoms with Crippen molar-refractivity contribution in [1.82, 2.24) is 0 Å². The lowest BCUT2D eigenvalue weighted by molar-refractivity contribution is -0.170. The number of rotatable bonds is 1. The van der Waals surface area contributed by atoms with Gasteiger partial charge in [0.05, 0.1) is 5.56 Å². The number of alkyl halides is 3. The van der Waals surface area contributed by atoms with Crippen molar-refractivity contribution in [2.75, 3.05) is 11.9 Å². The van der Waals surface area contributed by atoms with Crippen LogP contribution in [0.3, 0.4) is 0 Å². The van der Waals surface area contributed by atoms with Crippen LogP contribution in [0.1, 0.15) is 43.2 Å². The summed E-state index contributed by atoms with van der Waals surface area (Å²) < 4.78 is 38.0. The van der Waals surface area contributed by atoms with Gasteiger partial charge in [0.2, 0.25) is 0 Å². The van der Waals surface area contributed by atoms with E-state index in [1.165, 1.54) is 0 Å². The van der Waals surface area contributed by atoms with E-state index in [1.54, 1.807) is 0 Å². The fourth-order valence-electron chi connectivity index (χ4n) is 2.94. The van der Waals surface area contributed by atoms with E-state index in [4.69, 9.17) is 0 Å². The van der Waals surface area contributed by atoms with Crippen LogP contribution in [0.25, 0.3) is 0 Å². The van der Waals surface area contributed by atoms with Gasteiger partial charge in [-0.3, -0.25) is 9.69 Å². The van der Waals surface area contributed by atoms with E-state index in [9.17, 15) is 23.2 Å². The number of carbonyl (C=O) groups is 1. The molecular formula is C16H19F3N2OS. The first-order valence-corrected chi connectivity index (χ1v) is 8.18. The van der Waals surface area contributed by atoms with Crippen molar-refractivity contribution in [2.45, 2.75) is 46.2 Å². The van der Waals surface area contributed by atoms with Gasteiger partial charge in [-0.25, -0.2) is 0 Å². The van der Waals surface area contributed by atoms with Gasteiger partial charge in [-0.15, -0.1) is 11.3 Å². The predicted octanol–water partition coefficient (Wildman–Crippen LogP) is 4.30. The number of carbonyl (C=O) groups excluding carboxylic acids is 1. The molecule has 3 nitrogen and oxygen atoms in total. The number of amides is 1. The van der Waals surface area contributed by atoms with E-state index in [0.717, 1.165) is 41.7 Å². The Hall–Kier alpha value is -1.55. The number of fused-ring (bicyclic) bond motifs is 1. The maximum absolute atomic E-state index is 12.7. The average molecular weight is 344 g/mol. The van der Waals surface area contributed by atoms with E-state index >= 15 is 0 Å². The van der Waals surface area contributed by atoms with Crippen LogP contribution in [-0.4, -0.2) is 19.1 Å². The molecule has 0 saturated carbocycles. The number of thiophene rings is 1. The Kier molecular flexibility index (Phi) is 4.51. The van der Waals surface area contributed by atoms with Crippen molar-refractivity contribution in [3.63, 3.8) is 0 Å². The van der Waals surface area contributed by atoms with Gasteiger partial charge in [-0.1, -0.05) is 20.8 Å². The number of anilines is 1. The topological polar surface area (TPSA) is 44.1 Å². The molecule has 1 amide bonds. The van der Waals surface area contributed by atoms with Crippen LogP contribution in [0.4, 0.5) is 18.2 Å². The Morgan fingerprint density at radius 1 is 1.35 bits per heavy atom. The maximum atomic E-state index is 12.7. The Labute approximate surface area is 137 Å². The molecule has 126 valence electrons. The zero-order chi connectivity index (χ0) is 17.6. The highest BCUT2D eigenvalue weighted by Crippen LogP contribution is 2.45. The van der Waals surface area contributed by atoms with Gasteiger partial charge in [0.25, 0.3) is 0 Å². The zero-order valence-corrected chi connectivity index (χ0v) is 14.4. The van der Waals surface area contributed by atoms with E-state index in [-0.39, 0.29) is 16.0 Å². The largest absolute Gasteiger partial charge is 0.471 e. The van der Waals surface area contributed by atoms with Crippen LogP contribution in [0.5, 0.6) is 0 Å². The highest BCUT2D eigenvalue weighted by molar-refractivity contribution is 7.16. The minimum atomic E-state index is -4.94. The van der Waals surface area contributed by atoms with Gasteiger partial charge < -0.3 is 0 Å². The smallest absolute Gasteiger partial charge is 0.298 e. The molecule has 1 aromatic heterocycles. The Balaban J connectivity index is 2.41. The molecule has 0 N–H and O–H groups in total. The molecule has 0 aromatic carbocycles. The predicted molar refractivity (Wildman–Crippen MR) is 83.5 cm³/mol. The van der Waals surface area contributed by atoms with Crippen LogP contribution in [0, 0.1) is 22.7 Å². The normalized spacial score (nSPS) is 18.3. The van der Waals surface area contributed by atoms with Gasteiger partial charge in [0, 0.05) is 11.9 Å². The third-order valence-electron chi connectivity index (χ3n) is 4.44. The number of nitriles is 1. The second-order valence-corrected chi connectivity index (χ2v) is 8.05. The molecule has 1 atom stereocenters. The second kappa shape index (κ2) is 5.82. The average Bonchev–Trinajstić information content (AvgIpc) is 2.81. The second-order valence-electron chi connectivity index (χ2n) is 6.96. The third kappa shape index (κ3) is 3.37. The summed E-state index contributed by atoms with van der Waals surface area (Å²) >= 11 is 1.14. The standard InChI is InChI=1S/C16H19F3N2OS/c1-15(2,3)9-5-6-10-11(8-20)13(23-12(10)7-9)21(4)14(22)16(17,18)19/h9H,5-7H2,1-4H3/t9-/m0/s1. The molecule has 0 unspecified atom stereocenters. The van der Waals surface area contributed by atoms with Gasteiger partial charge >= 0.3 is 12.1 Å². The third-order valence-corrected chi connectivity index (χ3v) is 5.77. The summed E-state index contributed by atoms with van der Waals surface area (Å²) in [4.78, 5) is 13.0. The molecular weight excluding hydrogens is 325 g/mol. The molecule has 7 heteroatoms. The van der Waals surface area contributed by atoms with Gasteiger partial charge in [-0.2, -0.15) is 18.4 Å². The van der Waals surface area contributed by atoms with Crippen molar-refractivity contribution < 1.29 is 18.0 Å². The first-order valence-electron chi connectivity index (χ1n) is 7.36. The number of halogens is 3. The van der Waals surface area contributed by atoms with Crippen LogP contribution < -0.4 is 4.90 Å². The fourth-order valence-corrected chi connectivity index (χ4v) is 4.28. The summed E-state index contributed by atoms with van der Waals surface area (Å²) in [5.41, 5.74) is 1.13. The van der Waals surface area contributed by atoms with Crippen LogP contribution >= 0.6 is 11.3 Å². The molecule has 0 spiro atoms. The molecule has 1 aliphatic carbocycles. The van der Waals surface area contributed by atoms with Crippen molar-refractivity contribution in [2.24, 2.45) is 11.3 Å². The highest BCUT2D eigenvalue weighted by atomic mass is 32.1. The Morgan fingerprint density at radius 2 is 1.96 bits per heavy atom. The van der Waals surface area contributed by atoms with Crippen LogP contribution in [0.15, 0.2) is 0 Å². The molecule has 23 heavy (non-hydrogen) atoms. The van der Waals surface area contributed by atoms with E-state index in [0.29, 0.717) is 17.2 Å². The summed E-state index contributed by atoms with van der Waals surface area (Å²) in [7, 11) is 1.08. The summed E-state index contributed by atoms with van der Waals surface area (Å²) in [5, 5.41) is 9.47. The molecule has 1 aliphatic rings. The quantitative estimate of drug-likeness (QED) is 0.762. The minimum absolute atomic E-state index is 0.0995. The van der Waals surface area contributed by atoms with Crippen molar-refractivity contribution >= 4 is 22.2 Å². The SMILES string of the molecule is CN(C(=O)C(F)(F)F)c1sc2c(c1C#N)CC[C@H](C(C)(C)C)C2. The molecule has 1 heterocycles. The molecule has 1 aromatic rings. The summed E-state index contributed by atoms with van der Waals surface area (Å²) in [6, 6.07) is 1.99. The molecule has 0 aliphatic heterocycles. The molecule has 0 bridgehead atoms. The van der Waals surface area contributed by atoms with Gasteiger partial charge in [0.15, 0.2) is 0 Å². The summed E-state index contributed by atoms with van der Waals surface area (Å²) in [6.45, 7) is 6.42. The highest BCUT2D eigenvalue weighted by Gasteiger charge is 2.43.